The van der Waals surface area contributed by atoms with Crippen molar-refractivity contribution in [2.24, 2.45) is 5.16 Å². The van der Waals surface area contributed by atoms with Crippen molar-refractivity contribution in [3.05, 3.63) is 29.5 Å². The second-order valence-corrected chi connectivity index (χ2v) is 3.57. The molecule has 0 unspecified atom stereocenters. The summed E-state index contributed by atoms with van der Waals surface area (Å²) in [6.45, 7) is 3.83. The molecule has 7 nitrogen and oxygen atoms in total. The van der Waals surface area contributed by atoms with Crippen molar-refractivity contribution < 1.29 is 14.7 Å². The van der Waals surface area contributed by atoms with Crippen LogP contribution in [0.4, 0.5) is 0 Å². The zero-order chi connectivity index (χ0) is 13.1. The van der Waals surface area contributed by atoms with Gasteiger partial charge >= 0.3 is 5.97 Å². The van der Waals surface area contributed by atoms with Gasteiger partial charge in [-0.2, -0.15) is 0 Å². The molecule has 2 rings (SSSR count). The Morgan fingerprint density at radius 3 is 3.11 bits per heavy atom. The van der Waals surface area contributed by atoms with E-state index in [-0.39, 0.29) is 12.3 Å². The first-order valence-corrected chi connectivity index (χ1v) is 5.36. The van der Waals surface area contributed by atoms with Gasteiger partial charge in [-0.25, -0.2) is 14.8 Å². The number of fused-ring (bicyclic) bond motifs is 1. The Kier molecular flexibility index (Phi) is 3.22. The van der Waals surface area contributed by atoms with Gasteiger partial charge in [-0.15, -0.1) is 0 Å². The first kappa shape index (κ1) is 12.0. The van der Waals surface area contributed by atoms with Crippen molar-refractivity contribution in [3.8, 4) is 0 Å². The summed E-state index contributed by atoms with van der Waals surface area (Å²) in [7, 11) is 0. The Morgan fingerprint density at radius 1 is 1.67 bits per heavy atom. The summed E-state index contributed by atoms with van der Waals surface area (Å²) in [6.07, 6.45) is 2.69. The SMILES string of the molecule is CCOC(=O)c1ncn2c(C)cc(/C=N\O)nc12. The Hall–Kier alpha value is -2.44. The Bertz CT molecular complexity index is 618. The number of hydrogen-bond donors (Lipinski definition) is 1. The summed E-state index contributed by atoms with van der Waals surface area (Å²) in [6, 6.07) is 1.71. The first-order valence-electron chi connectivity index (χ1n) is 5.36. The van der Waals surface area contributed by atoms with E-state index in [9.17, 15) is 4.79 Å². The standard InChI is InChI=1S/C11H12N4O3/c1-3-18-11(16)9-10-14-8(5-13-17)4-7(2)15(10)6-12-9/h4-6,17H,3H2,1-2H3/b13-5-. The number of carbonyl (C=O) groups is 1. The van der Waals surface area contributed by atoms with E-state index in [4.69, 9.17) is 9.94 Å². The smallest absolute Gasteiger partial charge is 0.360 e. The molecular weight excluding hydrogens is 236 g/mol. The second kappa shape index (κ2) is 4.82. The zero-order valence-corrected chi connectivity index (χ0v) is 9.99. The maximum absolute atomic E-state index is 11.7. The third-order valence-corrected chi connectivity index (χ3v) is 2.37. The molecule has 0 atom stereocenters. The lowest BCUT2D eigenvalue weighted by Crippen LogP contribution is -2.07. The largest absolute Gasteiger partial charge is 0.461 e. The van der Waals surface area contributed by atoms with E-state index in [1.165, 1.54) is 12.5 Å². The van der Waals surface area contributed by atoms with Gasteiger partial charge in [0.15, 0.2) is 11.3 Å². The third kappa shape index (κ3) is 2.02. The highest BCUT2D eigenvalue weighted by Crippen LogP contribution is 2.12. The fourth-order valence-corrected chi connectivity index (χ4v) is 1.61. The monoisotopic (exact) mass is 248 g/mol. The molecule has 0 spiro atoms. The summed E-state index contributed by atoms with van der Waals surface area (Å²) in [5, 5.41) is 11.4. The molecule has 0 radical (unpaired) electrons. The van der Waals surface area contributed by atoms with Gasteiger partial charge in [-0.3, -0.25) is 4.40 Å². The molecule has 2 heterocycles. The molecule has 0 amide bonds. The van der Waals surface area contributed by atoms with Gasteiger partial charge in [0.1, 0.15) is 6.33 Å². The van der Waals surface area contributed by atoms with Gasteiger partial charge in [-0.1, -0.05) is 5.16 Å². The van der Waals surface area contributed by atoms with Crippen LogP contribution >= 0.6 is 0 Å². The number of nitrogens with zero attached hydrogens (tertiary/aromatic N) is 4. The summed E-state index contributed by atoms with van der Waals surface area (Å²) in [5.41, 5.74) is 1.78. The third-order valence-electron chi connectivity index (χ3n) is 2.37. The van der Waals surface area contributed by atoms with Crippen LogP contribution in [0.15, 0.2) is 17.5 Å². The molecule has 1 N–H and O–H groups in total. The van der Waals surface area contributed by atoms with Crippen LogP contribution in [0.5, 0.6) is 0 Å². The van der Waals surface area contributed by atoms with E-state index < -0.39 is 5.97 Å². The van der Waals surface area contributed by atoms with Crippen LogP contribution in [0.2, 0.25) is 0 Å². The number of esters is 1. The molecule has 0 aliphatic carbocycles. The van der Waals surface area contributed by atoms with Crippen molar-refractivity contribution in [2.45, 2.75) is 13.8 Å². The lowest BCUT2D eigenvalue weighted by molar-refractivity contribution is 0.0522. The van der Waals surface area contributed by atoms with Crippen molar-refractivity contribution in [3.63, 3.8) is 0 Å². The van der Waals surface area contributed by atoms with Gasteiger partial charge in [0, 0.05) is 5.69 Å². The predicted molar refractivity (Wildman–Crippen MR) is 63.1 cm³/mol. The second-order valence-electron chi connectivity index (χ2n) is 3.57. The molecule has 18 heavy (non-hydrogen) atoms. The van der Waals surface area contributed by atoms with E-state index in [2.05, 4.69) is 15.1 Å². The average molecular weight is 248 g/mol. The molecule has 0 saturated heterocycles. The predicted octanol–water partition coefficient (Wildman–Crippen LogP) is 1.02. The summed E-state index contributed by atoms with van der Waals surface area (Å²) in [5.74, 6) is -0.523. The van der Waals surface area contributed by atoms with E-state index in [0.717, 1.165) is 5.69 Å². The first-order chi connectivity index (χ1) is 8.67. The van der Waals surface area contributed by atoms with E-state index in [0.29, 0.717) is 11.3 Å². The summed E-state index contributed by atoms with van der Waals surface area (Å²) >= 11 is 0. The zero-order valence-electron chi connectivity index (χ0n) is 9.99. The molecule has 2 aromatic heterocycles. The van der Waals surface area contributed by atoms with Gasteiger partial charge in [0.05, 0.1) is 18.5 Å². The number of hydrogen-bond acceptors (Lipinski definition) is 6. The molecule has 2 aromatic rings. The molecule has 0 aliphatic rings. The lowest BCUT2D eigenvalue weighted by atomic mass is 10.3. The van der Waals surface area contributed by atoms with Crippen LogP contribution in [-0.4, -0.2) is 38.4 Å². The van der Waals surface area contributed by atoms with Crippen molar-refractivity contribution in [1.29, 1.82) is 0 Å². The molecule has 0 saturated carbocycles. The van der Waals surface area contributed by atoms with Crippen molar-refractivity contribution in [2.75, 3.05) is 6.61 Å². The molecule has 0 fully saturated rings. The van der Waals surface area contributed by atoms with Crippen LogP contribution in [0.1, 0.15) is 28.8 Å². The maximum Gasteiger partial charge on any atom is 0.360 e. The molecule has 94 valence electrons. The van der Waals surface area contributed by atoms with Crippen molar-refractivity contribution in [1.82, 2.24) is 14.4 Å². The molecule has 0 aromatic carbocycles. The van der Waals surface area contributed by atoms with Crippen LogP contribution < -0.4 is 0 Å². The van der Waals surface area contributed by atoms with Gasteiger partial charge in [0.2, 0.25) is 0 Å². The lowest BCUT2D eigenvalue weighted by Gasteiger charge is -2.02. The topological polar surface area (TPSA) is 89.1 Å². The summed E-state index contributed by atoms with van der Waals surface area (Å²) in [4.78, 5) is 19.9. The normalized spacial score (nSPS) is 11.2. The van der Waals surface area contributed by atoms with Crippen molar-refractivity contribution >= 4 is 17.8 Å². The summed E-state index contributed by atoms with van der Waals surface area (Å²) < 4.78 is 6.56. The number of aryl methyl sites for hydroxylation is 1. The fraction of sp³-hybridized carbons (Fsp3) is 0.273. The fourth-order valence-electron chi connectivity index (χ4n) is 1.61. The van der Waals surface area contributed by atoms with Crippen LogP contribution in [0.25, 0.3) is 5.65 Å². The Labute approximate surface area is 103 Å². The number of imidazole rings is 1. The highest BCUT2D eigenvalue weighted by Gasteiger charge is 2.17. The number of aromatic nitrogens is 3. The quantitative estimate of drug-likeness (QED) is 0.379. The van der Waals surface area contributed by atoms with Crippen LogP contribution in [-0.2, 0) is 4.74 Å². The highest BCUT2D eigenvalue weighted by atomic mass is 16.5. The number of rotatable bonds is 3. The van der Waals surface area contributed by atoms with Crippen LogP contribution in [0, 0.1) is 6.92 Å². The Balaban J connectivity index is 2.59. The van der Waals surface area contributed by atoms with E-state index >= 15 is 0 Å². The average Bonchev–Trinajstić information content (AvgIpc) is 2.74. The minimum atomic E-state index is -0.523. The molecule has 0 aliphatic heterocycles. The highest BCUT2D eigenvalue weighted by molar-refractivity contribution is 5.94. The van der Waals surface area contributed by atoms with E-state index in [1.807, 2.05) is 6.92 Å². The van der Waals surface area contributed by atoms with Crippen LogP contribution in [0.3, 0.4) is 0 Å². The number of oxime groups is 1. The van der Waals surface area contributed by atoms with Gasteiger partial charge < -0.3 is 9.94 Å². The van der Waals surface area contributed by atoms with Gasteiger partial charge in [-0.05, 0) is 19.9 Å². The minimum Gasteiger partial charge on any atom is -0.461 e. The minimum absolute atomic E-state index is 0.146. The molecule has 0 bridgehead atoms. The maximum atomic E-state index is 11.7. The van der Waals surface area contributed by atoms with E-state index in [1.54, 1.807) is 17.4 Å². The Morgan fingerprint density at radius 2 is 2.44 bits per heavy atom. The molecule has 7 heteroatoms. The molecular formula is C11H12N4O3. The number of carbonyl (C=O) groups excluding carboxylic acids is 1. The number of ether oxygens (including phenoxy) is 1. The van der Waals surface area contributed by atoms with Gasteiger partial charge in [0.25, 0.3) is 0 Å².